The normalized spacial score (nSPS) is 18.5. The lowest BCUT2D eigenvalue weighted by Crippen LogP contribution is -2.63. The molecule has 1 saturated heterocycles. The fourth-order valence-corrected chi connectivity index (χ4v) is 6.53. The summed E-state index contributed by atoms with van der Waals surface area (Å²) in [6.07, 6.45) is 1.37. The summed E-state index contributed by atoms with van der Waals surface area (Å²) in [7, 11) is 0. The zero-order valence-corrected chi connectivity index (χ0v) is 33.8. The number of hydrogen-bond donors (Lipinski definition) is 0. The Bertz CT molecular complexity index is 2110. The molecule has 0 spiro atoms. The summed E-state index contributed by atoms with van der Waals surface area (Å²) in [6.45, 7) is 1.02. The van der Waals surface area contributed by atoms with Crippen LogP contribution in [-0.2, 0) is 39.8 Å². The van der Waals surface area contributed by atoms with E-state index >= 15 is 0 Å². The number of benzene rings is 5. The Kier molecular flexibility index (Phi) is 17.4. The van der Waals surface area contributed by atoms with E-state index in [2.05, 4.69) is 12.2 Å². The average molecular weight is 827 g/mol. The standard InChI is InChI=1S/C50H50O11/c51-46(38-25-13-7-14-26-38)57-36-42-43(59-47(52)39-27-15-8-16-28-39)44(60-48(53)40-29-17-9-18-30-40)45(61-49(54)41-31-19-10-20-32-41)50(58-42)56-34-22-5-3-1-2-4-21-33-55-35-37-23-11-6-12-24-37/h1,3,6-20,23-32,42-45,50H,2,4-5,21-22,33-36H2/b3-1+/t42-,43-,44+,45+,50+/m1/s1. The summed E-state index contributed by atoms with van der Waals surface area (Å²) in [5, 5.41) is 0. The van der Waals surface area contributed by atoms with E-state index in [0.29, 0.717) is 26.1 Å². The Balaban J connectivity index is 1.19. The van der Waals surface area contributed by atoms with Crippen LogP contribution in [0.4, 0.5) is 0 Å². The predicted molar refractivity (Wildman–Crippen MR) is 227 cm³/mol. The van der Waals surface area contributed by atoms with Crippen LogP contribution in [0, 0.1) is 0 Å². The van der Waals surface area contributed by atoms with Crippen LogP contribution >= 0.6 is 0 Å². The molecular weight excluding hydrogens is 777 g/mol. The number of unbranched alkanes of at least 4 members (excludes halogenated alkanes) is 3. The van der Waals surface area contributed by atoms with Crippen molar-refractivity contribution in [3.63, 3.8) is 0 Å². The number of hydrogen-bond acceptors (Lipinski definition) is 11. The van der Waals surface area contributed by atoms with Crippen molar-refractivity contribution in [2.45, 2.75) is 69.4 Å². The van der Waals surface area contributed by atoms with Gasteiger partial charge in [0.2, 0.25) is 0 Å². The van der Waals surface area contributed by atoms with Gasteiger partial charge in [0.15, 0.2) is 24.6 Å². The van der Waals surface area contributed by atoms with Gasteiger partial charge in [-0.25, -0.2) is 19.2 Å². The molecule has 1 aliphatic heterocycles. The van der Waals surface area contributed by atoms with Gasteiger partial charge in [-0.1, -0.05) is 115 Å². The number of rotatable bonds is 21. The van der Waals surface area contributed by atoms with Gasteiger partial charge in [0.1, 0.15) is 12.7 Å². The minimum atomic E-state index is -1.48. The van der Waals surface area contributed by atoms with E-state index in [9.17, 15) is 19.2 Å². The molecule has 11 nitrogen and oxygen atoms in total. The first-order valence-corrected chi connectivity index (χ1v) is 20.5. The molecule has 0 unspecified atom stereocenters. The number of allylic oxidation sites excluding steroid dienone is 2. The third-order valence-electron chi connectivity index (χ3n) is 9.72. The molecule has 316 valence electrons. The van der Waals surface area contributed by atoms with Gasteiger partial charge in [-0.05, 0) is 86.2 Å². The molecule has 6 rings (SSSR count). The topological polar surface area (TPSA) is 133 Å². The number of esters is 4. The van der Waals surface area contributed by atoms with Crippen molar-refractivity contribution in [3.05, 3.63) is 192 Å². The highest BCUT2D eigenvalue weighted by Crippen LogP contribution is 2.32. The molecule has 5 aromatic rings. The highest BCUT2D eigenvalue weighted by molar-refractivity contribution is 5.91. The van der Waals surface area contributed by atoms with Gasteiger partial charge in [0.05, 0.1) is 35.5 Å². The number of ether oxygens (including phenoxy) is 7. The van der Waals surface area contributed by atoms with Gasteiger partial charge in [0, 0.05) is 6.61 Å². The van der Waals surface area contributed by atoms with Crippen LogP contribution < -0.4 is 0 Å². The second-order valence-electron chi connectivity index (χ2n) is 14.2. The molecule has 0 amide bonds. The Morgan fingerprint density at radius 1 is 0.475 bits per heavy atom. The molecule has 1 aliphatic rings. The molecule has 1 heterocycles. The first-order chi connectivity index (χ1) is 30.0. The van der Waals surface area contributed by atoms with Crippen molar-refractivity contribution < 1.29 is 52.3 Å². The van der Waals surface area contributed by atoms with Gasteiger partial charge >= 0.3 is 23.9 Å². The Morgan fingerprint density at radius 2 is 0.918 bits per heavy atom. The average Bonchev–Trinajstić information content (AvgIpc) is 3.31. The summed E-state index contributed by atoms with van der Waals surface area (Å²) in [6, 6.07) is 43.2. The van der Waals surface area contributed by atoms with Crippen LogP contribution in [0.2, 0.25) is 0 Å². The smallest absolute Gasteiger partial charge is 0.338 e. The van der Waals surface area contributed by atoms with Crippen LogP contribution in [0.15, 0.2) is 164 Å². The monoisotopic (exact) mass is 826 g/mol. The lowest BCUT2D eigenvalue weighted by molar-refractivity contribution is -0.298. The lowest BCUT2D eigenvalue weighted by Gasteiger charge is -2.44. The van der Waals surface area contributed by atoms with Gasteiger partial charge in [-0.2, -0.15) is 0 Å². The molecular formula is C50H50O11. The Hall–Kier alpha value is -6.40. The Morgan fingerprint density at radius 3 is 1.44 bits per heavy atom. The Labute approximate surface area is 356 Å². The van der Waals surface area contributed by atoms with Crippen molar-refractivity contribution in [2.75, 3.05) is 19.8 Å². The highest BCUT2D eigenvalue weighted by Gasteiger charge is 2.53. The fraction of sp³-hybridized carbons (Fsp3) is 0.280. The van der Waals surface area contributed by atoms with E-state index in [1.54, 1.807) is 121 Å². The molecule has 0 bridgehead atoms. The van der Waals surface area contributed by atoms with Gasteiger partial charge in [-0.3, -0.25) is 0 Å². The first-order valence-electron chi connectivity index (χ1n) is 20.5. The van der Waals surface area contributed by atoms with Crippen LogP contribution in [0.5, 0.6) is 0 Å². The molecule has 5 aromatic carbocycles. The predicted octanol–water partition coefficient (Wildman–Crippen LogP) is 8.99. The molecule has 0 aromatic heterocycles. The SMILES string of the molecule is O=C(OC[C@H]1O[C@H](OCCC/C=C/CCCCOCc2ccccc2)[C@@H](OC(=O)c2ccccc2)[C@@H](OC(=O)c2ccccc2)[C@@H]1OC(=O)c1ccccc1)c1ccccc1. The van der Waals surface area contributed by atoms with Gasteiger partial charge in [0.25, 0.3) is 0 Å². The van der Waals surface area contributed by atoms with E-state index < -0.39 is 61.2 Å². The third-order valence-corrected chi connectivity index (χ3v) is 9.72. The van der Waals surface area contributed by atoms with Gasteiger partial charge < -0.3 is 33.2 Å². The van der Waals surface area contributed by atoms with Crippen molar-refractivity contribution in [1.29, 1.82) is 0 Å². The molecule has 11 heteroatoms. The van der Waals surface area contributed by atoms with Crippen LogP contribution in [0.3, 0.4) is 0 Å². The summed E-state index contributed by atoms with van der Waals surface area (Å²) in [5.41, 5.74) is 2.07. The van der Waals surface area contributed by atoms with E-state index in [-0.39, 0.29) is 28.9 Å². The largest absolute Gasteiger partial charge is 0.459 e. The van der Waals surface area contributed by atoms with E-state index in [4.69, 9.17) is 33.2 Å². The van der Waals surface area contributed by atoms with Crippen LogP contribution in [0.25, 0.3) is 0 Å². The van der Waals surface area contributed by atoms with E-state index in [1.807, 2.05) is 30.3 Å². The summed E-state index contributed by atoms with van der Waals surface area (Å²) in [5.74, 6) is -2.95. The maximum absolute atomic E-state index is 13.8. The molecule has 1 fully saturated rings. The zero-order chi connectivity index (χ0) is 42.5. The highest BCUT2D eigenvalue weighted by atomic mass is 16.7. The van der Waals surface area contributed by atoms with Crippen molar-refractivity contribution in [2.24, 2.45) is 0 Å². The van der Waals surface area contributed by atoms with E-state index in [1.165, 1.54) is 0 Å². The third kappa shape index (κ3) is 13.8. The summed E-state index contributed by atoms with van der Waals surface area (Å²) in [4.78, 5) is 54.4. The second-order valence-corrected chi connectivity index (χ2v) is 14.2. The lowest BCUT2D eigenvalue weighted by atomic mass is 9.97. The van der Waals surface area contributed by atoms with Crippen molar-refractivity contribution in [3.8, 4) is 0 Å². The summed E-state index contributed by atoms with van der Waals surface area (Å²) >= 11 is 0. The van der Waals surface area contributed by atoms with Crippen LogP contribution in [0.1, 0.15) is 79.1 Å². The van der Waals surface area contributed by atoms with Crippen LogP contribution in [-0.4, -0.2) is 74.4 Å². The minimum Gasteiger partial charge on any atom is -0.459 e. The van der Waals surface area contributed by atoms with Crippen molar-refractivity contribution in [1.82, 2.24) is 0 Å². The summed E-state index contributed by atoms with van der Waals surface area (Å²) < 4.78 is 42.5. The molecule has 0 radical (unpaired) electrons. The molecule has 0 saturated carbocycles. The molecule has 0 N–H and O–H groups in total. The maximum Gasteiger partial charge on any atom is 0.338 e. The zero-order valence-electron chi connectivity index (χ0n) is 33.8. The van der Waals surface area contributed by atoms with E-state index in [0.717, 1.165) is 24.8 Å². The molecule has 5 atom stereocenters. The maximum atomic E-state index is 13.8. The fourth-order valence-electron chi connectivity index (χ4n) is 6.53. The van der Waals surface area contributed by atoms with Crippen molar-refractivity contribution >= 4 is 23.9 Å². The second kappa shape index (κ2) is 24.0. The number of carbonyl (C=O) groups excluding carboxylic acids is 4. The quantitative estimate of drug-likeness (QED) is 0.0304. The minimum absolute atomic E-state index is 0.159. The molecule has 0 aliphatic carbocycles. The number of carbonyl (C=O) groups is 4. The van der Waals surface area contributed by atoms with Gasteiger partial charge in [-0.15, -0.1) is 0 Å². The first kappa shape index (κ1) is 44.2. The molecule has 61 heavy (non-hydrogen) atoms.